The fourth-order valence-electron chi connectivity index (χ4n) is 2.97. The van der Waals surface area contributed by atoms with Gasteiger partial charge >= 0.3 is 0 Å². The van der Waals surface area contributed by atoms with Crippen LogP contribution in [0.5, 0.6) is 0 Å². The third-order valence-corrected chi connectivity index (χ3v) is 6.19. The lowest BCUT2D eigenvalue weighted by molar-refractivity contribution is 0.0363. The number of nitrogens with zero attached hydrogens (tertiary/aromatic N) is 2. The summed E-state index contributed by atoms with van der Waals surface area (Å²) < 4.78 is 32.7. The highest BCUT2D eigenvalue weighted by atomic mass is 32.2. The Morgan fingerprint density at radius 2 is 1.81 bits per heavy atom. The Morgan fingerprint density at radius 1 is 1.08 bits per heavy atom. The Hall–Kier alpha value is -1.21. The van der Waals surface area contributed by atoms with Gasteiger partial charge in [0.15, 0.2) is 0 Å². The van der Waals surface area contributed by atoms with Crippen molar-refractivity contribution < 1.29 is 13.2 Å². The molecule has 0 radical (unpaired) electrons. The van der Waals surface area contributed by atoms with E-state index in [1.165, 1.54) is 5.41 Å². The van der Waals surface area contributed by atoms with Crippen LogP contribution in [0.4, 0.5) is 0 Å². The smallest absolute Gasteiger partial charge is 0.236 e. The molecular weight excluding hydrogens is 348 g/mol. The third-order valence-electron chi connectivity index (χ3n) is 4.62. The Balaban J connectivity index is 1.98. The minimum Gasteiger partial charge on any atom is -0.379 e. The minimum absolute atomic E-state index is 0.535. The van der Waals surface area contributed by atoms with Crippen molar-refractivity contribution in [1.29, 1.82) is 0 Å². The minimum atomic E-state index is -3.41. The fourth-order valence-corrected chi connectivity index (χ4v) is 4.19. The van der Waals surface area contributed by atoms with E-state index in [1.54, 1.807) is 10.4 Å². The highest BCUT2D eigenvalue weighted by Gasteiger charge is 2.20. The lowest BCUT2D eigenvalue weighted by Crippen LogP contribution is -2.42. The van der Waals surface area contributed by atoms with Crippen molar-refractivity contribution in [1.82, 2.24) is 9.21 Å². The maximum atomic E-state index is 12.8. The SMILES string of the molecule is CCCCCCN(CCN1CCOCC1)S(=O)(=O)/C=C/c1ccccc1. The molecule has 1 heterocycles. The van der Waals surface area contributed by atoms with Crippen LogP contribution in [0.25, 0.3) is 6.08 Å². The van der Waals surface area contributed by atoms with Crippen LogP contribution in [-0.2, 0) is 14.8 Å². The zero-order chi connectivity index (χ0) is 18.7. The number of morpholine rings is 1. The molecule has 0 aliphatic carbocycles. The fraction of sp³-hybridized carbons (Fsp3) is 0.600. The van der Waals surface area contributed by atoms with Gasteiger partial charge in [-0.2, -0.15) is 4.31 Å². The highest BCUT2D eigenvalue weighted by molar-refractivity contribution is 7.92. The van der Waals surface area contributed by atoms with E-state index in [9.17, 15) is 8.42 Å². The second kappa shape index (κ2) is 11.5. The van der Waals surface area contributed by atoms with E-state index >= 15 is 0 Å². The van der Waals surface area contributed by atoms with Crippen LogP contribution >= 0.6 is 0 Å². The van der Waals surface area contributed by atoms with E-state index in [-0.39, 0.29) is 0 Å². The molecule has 1 aliphatic rings. The average molecular weight is 381 g/mol. The quantitative estimate of drug-likeness (QED) is 0.553. The first-order chi connectivity index (χ1) is 12.6. The van der Waals surface area contributed by atoms with E-state index in [0.29, 0.717) is 13.1 Å². The molecule has 0 spiro atoms. The van der Waals surface area contributed by atoms with E-state index in [2.05, 4.69) is 11.8 Å². The first-order valence-corrected chi connectivity index (χ1v) is 11.2. The van der Waals surface area contributed by atoms with E-state index in [1.807, 2.05) is 30.3 Å². The number of rotatable bonds is 11. The molecule has 0 N–H and O–H groups in total. The van der Waals surface area contributed by atoms with Gasteiger partial charge in [0.25, 0.3) is 0 Å². The number of hydrogen-bond donors (Lipinski definition) is 0. The monoisotopic (exact) mass is 380 g/mol. The summed E-state index contributed by atoms with van der Waals surface area (Å²) in [7, 11) is -3.41. The predicted molar refractivity (Wildman–Crippen MR) is 107 cm³/mol. The lowest BCUT2D eigenvalue weighted by Gasteiger charge is -2.29. The van der Waals surface area contributed by atoms with Crippen molar-refractivity contribution in [3.8, 4) is 0 Å². The summed E-state index contributed by atoms with van der Waals surface area (Å²) in [6, 6.07) is 9.56. The summed E-state index contributed by atoms with van der Waals surface area (Å²) in [6.07, 6.45) is 5.96. The Morgan fingerprint density at radius 3 is 2.50 bits per heavy atom. The number of benzene rings is 1. The molecule has 0 saturated carbocycles. The second-order valence-corrected chi connectivity index (χ2v) is 8.49. The normalized spacial score (nSPS) is 16.5. The van der Waals surface area contributed by atoms with Gasteiger partial charge in [-0.15, -0.1) is 0 Å². The zero-order valence-corrected chi connectivity index (χ0v) is 16.7. The number of ether oxygens (including phenoxy) is 1. The van der Waals surface area contributed by atoms with Gasteiger partial charge in [0, 0.05) is 38.1 Å². The molecule has 1 saturated heterocycles. The van der Waals surface area contributed by atoms with Gasteiger partial charge in [0.2, 0.25) is 10.0 Å². The molecule has 146 valence electrons. The molecule has 0 atom stereocenters. The van der Waals surface area contributed by atoms with Crippen LogP contribution in [-0.4, -0.2) is 63.6 Å². The van der Waals surface area contributed by atoms with Crippen LogP contribution in [0, 0.1) is 0 Å². The van der Waals surface area contributed by atoms with Crippen LogP contribution in [0.15, 0.2) is 35.7 Å². The van der Waals surface area contributed by atoms with Crippen LogP contribution in [0.1, 0.15) is 38.2 Å². The molecule has 1 aliphatic heterocycles. The second-order valence-electron chi connectivity index (χ2n) is 6.67. The molecule has 1 aromatic carbocycles. The molecule has 6 heteroatoms. The Kier molecular flexibility index (Phi) is 9.32. The van der Waals surface area contributed by atoms with Crippen molar-refractivity contribution in [2.45, 2.75) is 32.6 Å². The first-order valence-electron chi connectivity index (χ1n) is 9.65. The molecular formula is C20H32N2O3S. The van der Waals surface area contributed by atoms with Crippen molar-refractivity contribution in [2.75, 3.05) is 45.9 Å². The van der Waals surface area contributed by atoms with E-state index < -0.39 is 10.0 Å². The van der Waals surface area contributed by atoms with Crippen LogP contribution in [0.3, 0.4) is 0 Å². The molecule has 0 bridgehead atoms. The predicted octanol–water partition coefficient (Wildman–Crippen LogP) is 3.20. The van der Waals surface area contributed by atoms with Gasteiger partial charge in [-0.05, 0) is 18.1 Å². The van der Waals surface area contributed by atoms with E-state index in [0.717, 1.165) is 64.1 Å². The molecule has 0 amide bonds. The van der Waals surface area contributed by atoms with Gasteiger partial charge in [-0.25, -0.2) is 8.42 Å². The Labute approximate surface area is 158 Å². The van der Waals surface area contributed by atoms with Crippen molar-refractivity contribution >= 4 is 16.1 Å². The van der Waals surface area contributed by atoms with Gasteiger partial charge in [-0.3, -0.25) is 4.90 Å². The van der Waals surface area contributed by atoms with E-state index in [4.69, 9.17) is 4.74 Å². The zero-order valence-electron chi connectivity index (χ0n) is 15.8. The number of unbranched alkanes of at least 4 members (excludes halogenated alkanes) is 3. The van der Waals surface area contributed by atoms with Crippen molar-refractivity contribution in [2.24, 2.45) is 0 Å². The highest BCUT2D eigenvalue weighted by Crippen LogP contribution is 2.11. The standard InChI is InChI=1S/C20H32N2O3S/c1-2-3-4-8-12-22(14-13-21-15-17-25-18-16-21)26(23,24)19-11-20-9-6-5-7-10-20/h5-7,9-11,19H,2-4,8,12-18H2,1H3/b19-11+. The first kappa shape index (κ1) is 21.1. The topological polar surface area (TPSA) is 49.9 Å². The maximum absolute atomic E-state index is 12.8. The van der Waals surface area contributed by atoms with Gasteiger partial charge in [0.05, 0.1) is 13.2 Å². The summed E-state index contributed by atoms with van der Waals surface area (Å²) in [5, 5.41) is 1.35. The van der Waals surface area contributed by atoms with Gasteiger partial charge < -0.3 is 4.74 Å². The molecule has 0 unspecified atom stereocenters. The van der Waals surface area contributed by atoms with Gasteiger partial charge in [0.1, 0.15) is 0 Å². The third kappa shape index (κ3) is 7.58. The maximum Gasteiger partial charge on any atom is 0.236 e. The summed E-state index contributed by atoms with van der Waals surface area (Å²) in [6.45, 7) is 7.27. The lowest BCUT2D eigenvalue weighted by atomic mass is 10.2. The van der Waals surface area contributed by atoms with Crippen LogP contribution < -0.4 is 0 Å². The summed E-state index contributed by atoms with van der Waals surface area (Å²) in [5.74, 6) is 0. The largest absolute Gasteiger partial charge is 0.379 e. The van der Waals surface area contributed by atoms with Crippen LogP contribution in [0.2, 0.25) is 0 Å². The Bertz CT molecular complexity index is 626. The summed E-state index contributed by atoms with van der Waals surface area (Å²) >= 11 is 0. The van der Waals surface area contributed by atoms with Crippen molar-refractivity contribution in [3.63, 3.8) is 0 Å². The number of hydrogen-bond acceptors (Lipinski definition) is 4. The average Bonchev–Trinajstić information content (AvgIpc) is 2.67. The molecule has 1 fully saturated rings. The number of sulfonamides is 1. The summed E-state index contributed by atoms with van der Waals surface area (Å²) in [5.41, 5.74) is 0.898. The van der Waals surface area contributed by atoms with Crippen molar-refractivity contribution in [3.05, 3.63) is 41.3 Å². The summed E-state index contributed by atoms with van der Waals surface area (Å²) in [4.78, 5) is 2.28. The molecule has 5 nitrogen and oxygen atoms in total. The molecule has 26 heavy (non-hydrogen) atoms. The van der Waals surface area contributed by atoms with Gasteiger partial charge in [-0.1, -0.05) is 56.5 Å². The molecule has 0 aromatic heterocycles. The molecule has 1 aromatic rings. The molecule has 2 rings (SSSR count).